The zero-order valence-corrected chi connectivity index (χ0v) is 7.95. The van der Waals surface area contributed by atoms with E-state index in [9.17, 15) is 9.59 Å². The monoisotopic (exact) mass is 183 g/mol. The van der Waals surface area contributed by atoms with Gasteiger partial charge in [-0.05, 0) is 6.42 Å². The van der Waals surface area contributed by atoms with Crippen LogP contribution in [0.4, 0.5) is 0 Å². The molecule has 1 heterocycles. The fraction of sp³-hybridized carbons (Fsp3) is 0.667. The van der Waals surface area contributed by atoms with Gasteiger partial charge in [0.2, 0.25) is 11.8 Å². The van der Waals surface area contributed by atoms with Crippen LogP contribution in [-0.2, 0) is 9.59 Å². The van der Waals surface area contributed by atoms with E-state index in [0.717, 1.165) is 13.0 Å². The van der Waals surface area contributed by atoms with Crippen LogP contribution in [-0.4, -0.2) is 47.8 Å². The molecule has 4 nitrogen and oxygen atoms in total. The number of hydrogen-bond donors (Lipinski definition) is 0. The highest BCUT2D eigenvalue weighted by molar-refractivity contribution is 5.80. The molecule has 0 bridgehead atoms. The van der Waals surface area contributed by atoms with Crippen LogP contribution in [0.5, 0.6) is 0 Å². The number of rotatable bonds is 0. The normalized spacial score (nSPS) is 18.3. The lowest BCUT2D eigenvalue weighted by Gasteiger charge is -2.19. The van der Waals surface area contributed by atoms with Gasteiger partial charge in [-0.15, -0.1) is 0 Å². The van der Waals surface area contributed by atoms with Gasteiger partial charge in [-0.25, -0.2) is 0 Å². The van der Waals surface area contributed by atoms with Crippen LogP contribution >= 0.6 is 0 Å². The minimum absolute atomic E-state index is 0.0818. The van der Waals surface area contributed by atoms with E-state index >= 15 is 0 Å². The third kappa shape index (κ3) is 2.72. The second kappa shape index (κ2) is 4.25. The number of amides is 2. The zero-order chi connectivity index (χ0) is 9.84. The lowest BCUT2D eigenvalue weighted by atomic mass is 10.4. The van der Waals surface area contributed by atoms with Gasteiger partial charge in [-0.3, -0.25) is 9.59 Å². The van der Waals surface area contributed by atoms with Gasteiger partial charge in [0, 0.05) is 40.0 Å². The highest BCUT2D eigenvalue weighted by Gasteiger charge is 2.17. The topological polar surface area (TPSA) is 40.6 Å². The Balaban J connectivity index is 2.48. The van der Waals surface area contributed by atoms with Crippen molar-refractivity contribution in [2.45, 2.75) is 13.3 Å². The highest BCUT2D eigenvalue weighted by atomic mass is 16.2. The van der Waals surface area contributed by atoms with Crippen LogP contribution in [0.2, 0.25) is 0 Å². The molecule has 13 heavy (non-hydrogen) atoms. The summed E-state index contributed by atoms with van der Waals surface area (Å²) in [6.07, 6.45) is 0.848. The quantitative estimate of drug-likeness (QED) is 0.526. The van der Waals surface area contributed by atoms with Gasteiger partial charge in [0.05, 0.1) is 0 Å². The molecule has 0 aromatic carbocycles. The van der Waals surface area contributed by atoms with E-state index in [0.29, 0.717) is 19.6 Å². The summed E-state index contributed by atoms with van der Waals surface area (Å²) < 4.78 is 0. The van der Waals surface area contributed by atoms with Crippen LogP contribution in [0.1, 0.15) is 13.3 Å². The van der Waals surface area contributed by atoms with Crippen molar-refractivity contribution in [1.29, 1.82) is 0 Å². The van der Waals surface area contributed by atoms with Gasteiger partial charge in [0.25, 0.3) is 0 Å². The van der Waals surface area contributed by atoms with Gasteiger partial charge >= 0.3 is 0 Å². The van der Waals surface area contributed by atoms with Gasteiger partial charge in [0.15, 0.2) is 0 Å². The lowest BCUT2D eigenvalue weighted by Crippen LogP contribution is -2.35. The second-order valence-corrected chi connectivity index (χ2v) is 3.24. The molecule has 0 atom stereocenters. The molecule has 1 saturated heterocycles. The van der Waals surface area contributed by atoms with E-state index in [1.807, 2.05) is 0 Å². The molecule has 1 rings (SSSR count). The Morgan fingerprint density at radius 3 is 2.15 bits per heavy atom. The molecule has 0 spiro atoms. The summed E-state index contributed by atoms with van der Waals surface area (Å²) in [5.74, 6) is -0.0660. The summed E-state index contributed by atoms with van der Waals surface area (Å²) >= 11 is 0. The molecule has 73 valence electrons. The first-order valence-electron chi connectivity index (χ1n) is 4.47. The minimum Gasteiger partial charge on any atom is -0.341 e. The second-order valence-electron chi connectivity index (χ2n) is 3.24. The molecular weight excluding hydrogens is 168 g/mol. The van der Waals surface area contributed by atoms with Crippen molar-refractivity contribution in [2.24, 2.45) is 0 Å². The van der Waals surface area contributed by atoms with Crippen molar-refractivity contribution >= 4 is 11.8 Å². The molecule has 1 aliphatic rings. The fourth-order valence-corrected chi connectivity index (χ4v) is 1.48. The number of carbonyl (C=O) groups is 2. The largest absolute Gasteiger partial charge is 0.341 e. The number of hydrogen-bond acceptors (Lipinski definition) is 2. The molecule has 0 unspecified atom stereocenters. The average molecular weight is 183 g/mol. The van der Waals surface area contributed by atoms with Gasteiger partial charge in [-0.2, -0.15) is 0 Å². The molecule has 0 aliphatic carbocycles. The Bertz CT molecular complexity index is 194. The third-order valence-electron chi connectivity index (χ3n) is 2.29. The Hall–Kier alpha value is -1.06. The van der Waals surface area contributed by atoms with E-state index < -0.39 is 0 Å². The predicted molar refractivity (Wildman–Crippen MR) is 48.8 cm³/mol. The van der Waals surface area contributed by atoms with Crippen molar-refractivity contribution < 1.29 is 9.59 Å². The lowest BCUT2D eigenvalue weighted by molar-refractivity contribution is -0.130. The van der Waals surface area contributed by atoms with E-state index in [2.05, 4.69) is 6.92 Å². The predicted octanol–water partition coefficient (Wildman–Crippen LogP) is -0.0987. The Morgan fingerprint density at radius 2 is 1.62 bits per heavy atom. The molecular formula is C9H15N2O2. The molecule has 0 aromatic heterocycles. The summed E-state index contributed by atoms with van der Waals surface area (Å²) in [7, 11) is 0. The van der Waals surface area contributed by atoms with E-state index in [1.54, 1.807) is 16.7 Å². The highest BCUT2D eigenvalue weighted by Crippen LogP contribution is 2.03. The first-order chi connectivity index (χ1) is 6.11. The summed E-state index contributed by atoms with van der Waals surface area (Å²) in [6.45, 7) is 7.63. The van der Waals surface area contributed by atoms with Crippen molar-refractivity contribution in [2.75, 3.05) is 26.2 Å². The Morgan fingerprint density at radius 1 is 1.08 bits per heavy atom. The van der Waals surface area contributed by atoms with Crippen LogP contribution in [0.3, 0.4) is 0 Å². The van der Waals surface area contributed by atoms with E-state index in [4.69, 9.17) is 0 Å². The van der Waals surface area contributed by atoms with Crippen LogP contribution in [0.25, 0.3) is 0 Å². The molecule has 0 N–H and O–H groups in total. The molecule has 1 radical (unpaired) electrons. The van der Waals surface area contributed by atoms with E-state index in [-0.39, 0.29) is 11.8 Å². The van der Waals surface area contributed by atoms with Crippen molar-refractivity contribution in [1.82, 2.24) is 9.80 Å². The Kier molecular flexibility index (Phi) is 3.28. The molecule has 0 aromatic rings. The smallest absolute Gasteiger partial charge is 0.223 e. The van der Waals surface area contributed by atoms with Crippen molar-refractivity contribution in [3.8, 4) is 0 Å². The van der Waals surface area contributed by atoms with Gasteiger partial charge in [-0.1, -0.05) is 0 Å². The summed E-state index contributed by atoms with van der Waals surface area (Å²) in [6, 6.07) is 0. The average Bonchev–Trinajstić information content (AvgIpc) is 2.27. The number of nitrogens with zero attached hydrogens (tertiary/aromatic N) is 2. The maximum absolute atomic E-state index is 11.0. The summed E-state index contributed by atoms with van der Waals surface area (Å²) in [5, 5.41) is 0. The van der Waals surface area contributed by atoms with Crippen molar-refractivity contribution in [3.63, 3.8) is 0 Å². The standard InChI is InChI=1S/C9H15N2O2/c1-8(12)10-4-3-5-11(7-6-10)9(2)13/h1,3-7H2,2H3. The Labute approximate surface area is 78.5 Å². The summed E-state index contributed by atoms with van der Waals surface area (Å²) in [4.78, 5) is 25.4. The first kappa shape index (κ1) is 10.0. The molecule has 0 saturated carbocycles. The van der Waals surface area contributed by atoms with Gasteiger partial charge in [0.1, 0.15) is 0 Å². The SMILES string of the molecule is [CH2]C(=O)N1CCCN(C(C)=O)CC1. The number of carbonyl (C=O) groups excluding carboxylic acids is 2. The van der Waals surface area contributed by atoms with Gasteiger partial charge < -0.3 is 9.80 Å². The maximum atomic E-state index is 11.0. The van der Waals surface area contributed by atoms with Crippen LogP contribution in [0.15, 0.2) is 0 Å². The molecule has 4 heteroatoms. The zero-order valence-electron chi connectivity index (χ0n) is 7.95. The minimum atomic E-state index is -0.148. The van der Waals surface area contributed by atoms with Crippen LogP contribution < -0.4 is 0 Å². The third-order valence-corrected chi connectivity index (χ3v) is 2.29. The first-order valence-corrected chi connectivity index (χ1v) is 4.47. The van der Waals surface area contributed by atoms with Crippen molar-refractivity contribution in [3.05, 3.63) is 6.92 Å². The fourth-order valence-electron chi connectivity index (χ4n) is 1.48. The summed E-state index contributed by atoms with van der Waals surface area (Å²) in [5.41, 5.74) is 0. The molecule has 2 amide bonds. The van der Waals surface area contributed by atoms with Crippen LogP contribution in [0, 0.1) is 6.92 Å². The molecule has 1 fully saturated rings. The molecule has 1 aliphatic heterocycles. The maximum Gasteiger partial charge on any atom is 0.223 e. The van der Waals surface area contributed by atoms with E-state index in [1.165, 1.54) is 0 Å².